The molecule has 2 heterocycles. The highest BCUT2D eigenvalue weighted by molar-refractivity contribution is 7.15. The van der Waals surface area contributed by atoms with Crippen LogP contribution in [0.1, 0.15) is 32.1 Å². The van der Waals surface area contributed by atoms with E-state index >= 15 is 0 Å². The Hall–Kier alpha value is -2.24. The number of hydrogen-bond donors (Lipinski definition) is 1. The van der Waals surface area contributed by atoms with Gasteiger partial charge in [-0.2, -0.15) is 0 Å². The molecule has 0 aliphatic carbocycles. The first-order valence-corrected chi connectivity index (χ1v) is 8.65. The molecule has 0 spiro atoms. The molecular formula is C18H16ClN3OS. The second-order valence-corrected chi connectivity index (χ2v) is 6.99. The van der Waals surface area contributed by atoms with Gasteiger partial charge in [0.05, 0.1) is 5.56 Å². The summed E-state index contributed by atoms with van der Waals surface area (Å²) in [6.45, 7) is 3.87. The van der Waals surface area contributed by atoms with Crippen LogP contribution < -0.4 is 5.32 Å². The lowest BCUT2D eigenvalue weighted by Crippen LogP contribution is -2.11. The number of aryl methyl sites for hydroxylation is 2. The normalized spacial score (nSPS) is 10.6. The van der Waals surface area contributed by atoms with Crippen LogP contribution in [0.4, 0.5) is 5.13 Å². The van der Waals surface area contributed by atoms with E-state index in [0.29, 0.717) is 17.1 Å². The predicted molar refractivity (Wildman–Crippen MR) is 98.0 cm³/mol. The summed E-state index contributed by atoms with van der Waals surface area (Å²) in [5, 5.41) is 4.15. The van der Waals surface area contributed by atoms with Gasteiger partial charge < -0.3 is 0 Å². The van der Waals surface area contributed by atoms with E-state index in [0.717, 1.165) is 26.7 Å². The molecule has 122 valence electrons. The molecule has 0 unspecified atom stereocenters. The zero-order valence-corrected chi connectivity index (χ0v) is 14.9. The van der Waals surface area contributed by atoms with Gasteiger partial charge in [0.2, 0.25) is 0 Å². The first-order chi connectivity index (χ1) is 11.5. The zero-order chi connectivity index (χ0) is 17.1. The van der Waals surface area contributed by atoms with E-state index in [9.17, 15) is 4.79 Å². The Kier molecular flexibility index (Phi) is 4.92. The lowest BCUT2D eigenvalue weighted by atomic mass is 10.1. The Bertz CT molecular complexity index is 874. The van der Waals surface area contributed by atoms with E-state index in [1.807, 2.05) is 38.1 Å². The van der Waals surface area contributed by atoms with E-state index < -0.39 is 0 Å². The SMILES string of the molecule is Cc1ccc(C(=O)Nc2ncc(Cc3cccc(C)c3Cl)s2)cn1. The van der Waals surface area contributed by atoms with Crippen molar-refractivity contribution in [2.45, 2.75) is 20.3 Å². The molecule has 0 saturated carbocycles. The molecule has 3 rings (SSSR count). The van der Waals surface area contributed by atoms with Crippen LogP contribution in [0.25, 0.3) is 0 Å². The Morgan fingerprint density at radius 1 is 1.17 bits per heavy atom. The molecule has 0 aliphatic heterocycles. The maximum Gasteiger partial charge on any atom is 0.259 e. The van der Waals surface area contributed by atoms with Crippen molar-refractivity contribution in [3.8, 4) is 0 Å². The highest BCUT2D eigenvalue weighted by Gasteiger charge is 2.11. The first kappa shape index (κ1) is 16.6. The molecule has 24 heavy (non-hydrogen) atoms. The number of pyridine rings is 1. The van der Waals surface area contributed by atoms with Crippen LogP contribution >= 0.6 is 22.9 Å². The Balaban J connectivity index is 1.70. The van der Waals surface area contributed by atoms with Crippen LogP contribution in [0.5, 0.6) is 0 Å². The van der Waals surface area contributed by atoms with Crippen molar-refractivity contribution in [2.75, 3.05) is 5.32 Å². The largest absolute Gasteiger partial charge is 0.298 e. The fourth-order valence-electron chi connectivity index (χ4n) is 2.25. The summed E-state index contributed by atoms with van der Waals surface area (Å²) in [4.78, 5) is 21.6. The van der Waals surface area contributed by atoms with Crippen LogP contribution in [-0.4, -0.2) is 15.9 Å². The lowest BCUT2D eigenvalue weighted by molar-refractivity contribution is 0.102. The van der Waals surface area contributed by atoms with Crippen molar-refractivity contribution in [1.29, 1.82) is 0 Å². The van der Waals surface area contributed by atoms with Gasteiger partial charge in [-0.3, -0.25) is 15.1 Å². The van der Waals surface area contributed by atoms with Gasteiger partial charge in [-0.05, 0) is 37.1 Å². The molecule has 1 amide bonds. The zero-order valence-electron chi connectivity index (χ0n) is 13.3. The second kappa shape index (κ2) is 7.11. The van der Waals surface area contributed by atoms with Gasteiger partial charge in [0, 0.05) is 34.4 Å². The van der Waals surface area contributed by atoms with Gasteiger partial charge in [-0.25, -0.2) is 4.98 Å². The summed E-state index contributed by atoms with van der Waals surface area (Å²) in [7, 11) is 0. The molecule has 0 radical (unpaired) electrons. The number of anilines is 1. The number of nitrogens with zero attached hydrogens (tertiary/aromatic N) is 2. The van der Waals surface area contributed by atoms with Crippen molar-refractivity contribution in [3.63, 3.8) is 0 Å². The van der Waals surface area contributed by atoms with Gasteiger partial charge in [-0.1, -0.05) is 29.8 Å². The van der Waals surface area contributed by atoms with Gasteiger partial charge in [0.1, 0.15) is 0 Å². The van der Waals surface area contributed by atoms with Gasteiger partial charge in [0.25, 0.3) is 5.91 Å². The van der Waals surface area contributed by atoms with E-state index in [-0.39, 0.29) is 5.91 Å². The number of carbonyl (C=O) groups excluding carboxylic acids is 1. The summed E-state index contributed by atoms with van der Waals surface area (Å²) in [5.74, 6) is -0.211. The second-order valence-electron chi connectivity index (χ2n) is 5.50. The highest BCUT2D eigenvalue weighted by atomic mass is 35.5. The third-order valence-electron chi connectivity index (χ3n) is 3.58. The third kappa shape index (κ3) is 3.80. The standard InChI is InChI=1S/C18H16ClN3OS/c1-11-4-3-5-13(16(11)19)8-15-10-21-18(24-15)22-17(23)14-7-6-12(2)20-9-14/h3-7,9-10H,8H2,1-2H3,(H,21,22,23). The molecule has 0 atom stereocenters. The molecule has 0 bridgehead atoms. The fraction of sp³-hybridized carbons (Fsp3) is 0.167. The van der Waals surface area contributed by atoms with E-state index in [4.69, 9.17) is 11.6 Å². The van der Waals surface area contributed by atoms with E-state index in [1.54, 1.807) is 18.5 Å². The van der Waals surface area contributed by atoms with Crippen molar-refractivity contribution in [1.82, 2.24) is 9.97 Å². The summed E-state index contributed by atoms with van der Waals surface area (Å²) in [6, 6.07) is 9.54. The van der Waals surface area contributed by atoms with Crippen molar-refractivity contribution in [2.24, 2.45) is 0 Å². The summed E-state index contributed by atoms with van der Waals surface area (Å²) in [6.07, 6.45) is 4.03. The first-order valence-electron chi connectivity index (χ1n) is 7.45. The van der Waals surface area contributed by atoms with Crippen molar-refractivity contribution >= 4 is 34.0 Å². The molecule has 4 nitrogen and oxygen atoms in total. The molecular weight excluding hydrogens is 342 g/mol. The summed E-state index contributed by atoms with van der Waals surface area (Å²) < 4.78 is 0. The minimum Gasteiger partial charge on any atom is -0.298 e. The van der Waals surface area contributed by atoms with Crippen LogP contribution in [0.15, 0.2) is 42.7 Å². The summed E-state index contributed by atoms with van der Waals surface area (Å²) >= 11 is 7.78. The number of thiazole rings is 1. The number of hydrogen-bond acceptors (Lipinski definition) is 4. The number of nitrogens with one attached hydrogen (secondary N) is 1. The minimum absolute atomic E-state index is 0.211. The highest BCUT2D eigenvalue weighted by Crippen LogP contribution is 2.26. The Labute approximate surface area is 149 Å². The lowest BCUT2D eigenvalue weighted by Gasteiger charge is -2.04. The van der Waals surface area contributed by atoms with Crippen LogP contribution in [0.2, 0.25) is 5.02 Å². The van der Waals surface area contributed by atoms with Crippen LogP contribution in [0.3, 0.4) is 0 Å². The fourth-order valence-corrected chi connectivity index (χ4v) is 3.27. The molecule has 0 saturated heterocycles. The molecule has 1 N–H and O–H groups in total. The average molecular weight is 358 g/mol. The average Bonchev–Trinajstić information content (AvgIpc) is 2.99. The maximum atomic E-state index is 12.2. The number of halogens is 1. The molecule has 2 aromatic heterocycles. The monoisotopic (exact) mass is 357 g/mol. The van der Waals surface area contributed by atoms with Crippen LogP contribution in [-0.2, 0) is 6.42 Å². The van der Waals surface area contributed by atoms with Gasteiger partial charge in [-0.15, -0.1) is 11.3 Å². The number of rotatable bonds is 4. The van der Waals surface area contributed by atoms with E-state index in [1.165, 1.54) is 11.3 Å². The molecule has 6 heteroatoms. The van der Waals surface area contributed by atoms with Crippen molar-refractivity contribution in [3.05, 3.63) is 75.0 Å². The molecule has 0 fully saturated rings. The topological polar surface area (TPSA) is 54.9 Å². The predicted octanol–water partition coefficient (Wildman–Crippen LogP) is 4.65. The Morgan fingerprint density at radius 3 is 2.75 bits per heavy atom. The van der Waals surface area contributed by atoms with E-state index in [2.05, 4.69) is 15.3 Å². The minimum atomic E-state index is -0.211. The number of aromatic nitrogens is 2. The smallest absolute Gasteiger partial charge is 0.259 e. The quantitative estimate of drug-likeness (QED) is 0.739. The number of benzene rings is 1. The Morgan fingerprint density at radius 2 is 2.00 bits per heavy atom. The number of amides is 1. The summed E-state index contributed by atoms with van der Waals surface area (Å²) in [5.41, 5.74) is 3.50. The van der Waals surface area contributed by atoms with Gasteiger partial charge >= 0.3 is 0 Å². The van der Waals surface area contributed by atoms with Crippen molar-refractivity contribution < 1.29 is 4.79 Å². The maximum absolute atomic E-state index is 12.2. The molecule has 0 aliphatic rings. The van der Waals surface area contributed by atoms with Gasteiger partial charge in [0.15, 0.2) is 5.13 Å². The number of carbonyl (C=O) groups is 1. The van der Waals surface area contributed by atoms with Crippen LogP contribution in [0, 0.1) is 13.8 Å². The molecule has 1 aromatic carbocycles. The molecule has 3 aromatic rings. The third-order valence-corrected chi connectivity index (χ3v) is 5.04.